The van der Waals surface area contributed by atoms with Gasteiger partial charge < -0.3 is 10.5 Å². The van der Waals surface area contributed by atoms with Gasteiger partial charge in [-0.15, -0.1) is 0 Å². The van der Waals surface area contributed by atoms with Crippen molar-refractivity contribution in [3.63, 3.8) is 0 Å². The highest BCUT2D eigenvalue weighted by Crippen LogP contribution is 2.26. The number of ether oxygens (including phenoxy) is 1. The summed E-state index contributed by atoms with van der Waals surface area (Å²) < 4.78 is 6.38. The first-order chi connectivity index (χ1) is 8.24. The monoisotopic (exact) mass is 299 g/mol. The van der Waals surface area contributed by atoms with Gasteiger partial charge in [0, 0.05) is 49.7 Å². The van der Waals surface area contributed by atoms with Gasteiger partial charge >= 0.3 is 0 Å². The Hall–Kier alpha value is -0.490. The molecule has 0 radical (unpaired) electrons. The first kappa shape index (κ1) is 13.0. The van der Waals surface area contributed by atoms with Gasteiger partial charge in [0.25, 0.3) is 0 Å². The molecule has 0 spiro atoms. The summed E-state index contributed by atoms with van der Waals surface area (Å²) in [5, 5.41) is 0. The van der Waals surface area contributed by atoms with Crippen LogP contribution in [0, 0.1) is 0 Å². The van der Waals surface area contributed by atoms with Crippen LogP contribution in [0.25, 0.3) is 0 Å². The minimum Gasteiger partial charge on any atom is -0.380 e. The van der Waals surface area contributed by atoms with Crippen LogP contribution in [-0.2, 0) is 4.74 Å². The molecule has 0 bridgehead atoms. The van der Waals surface area contributed by atoms with E-state index in [4.69, 9.17) is 10.5 Å². The summed E-state index contributed by atoms with van der Waals surface area (Å²) >= 11 is 3.45. The molecule has 0 saturated carbocycles. The molecule has 2 rings (SSSR count). The van der Waals surface area contributed by atoms with Crippen LogP contribution in [0.3, 0.4) is 0 Å². The summed E-state index contributed by atoms with van der Waals surface area (Å²) in [4.78, 5) is 6.58. The average Bonchev–Trinajstić information content (AvgIpc) is 2.79. The van der Waals surface area contributed by atoms with E-state index >= 15 is 0 Å². The highest BCUT2D eigenvalue weighted by molar-refractivity contribution is 9.10. The second-order valence-corrected chi connectivity index (χ2v) is 5.24. The lowest BCUT2D eigenvalue weighted by Gasteiger charge is -2.26. The lowest BCUT2D eigenvalue weighted by molar-refractivity contribution is 0.101. The number of pyridine rings is 1. The summed E-state index contributed by atoms with van der Waals surface area (Å²) in [5.41, 5.74) is 7.06. The van der Waals surface area contributed by atoms with Gasteiger partial charge in [0.2, 0.25) is 0 Å². The first-order valence-corrected chi connectivity index (χ1v) is 6.61. The quantitative estimate of drug-likeness (QED) is 0.917. The van der Waals surface area contributed by atoms with Gasteiger partial charge in [-0.2, -0.15) is 0 Å². The Morgan fingerprint density at radius 3 is 3.06 bits per heavy atom. The zero-order chi connectivity index (χ0) is 12.3. The van der Waals surface area contributed by atoms with Crippen LogP contribution in [0.4, 0.5) is 0 Å². The molecule has 5 heteroatoms. The molecule has 4 nitrogen and oxygen atoms in total. The Balaban J connectivity index is 2.11. The van der Waals surface area contributed by atoms with Crippen molar-refractivity contribution in [2.75, 3.05) is 26.7 Å². The van der Waals surface area contributed by atoms with Crippen LogP contribution < -0.4 is 5.73 Å². The van der Waals surface area contributed by atoms with E-state index in [1.54, 1.807) is 13.3 Å². The van der Waals surface area contributed by atoms with Gasteiger partial charge in [-0.05, 0) is 34.0 Å². The van der Waals surface area contributed by atoms with Gasteiger partial charge in [0.05, 0.1) is 6.10 Å². The maximum Gasteiger partial charge on any atom is 0.0710 e. The fraction of sp³-hybridized carbons (Fsp3) is 0.583. The molecule has 2 unspecified atom stereocenters. The van der Waals surface area contributed by atoms with E-state index in [1.165, 1.54) is 5.56 Å². The van der Waals surface area contributed by atoms with Gasteiger partial charge in [-0.1, -0.05) is 0 Å². The van der Waals surface area contributed by atoms with Crippen LogP contribution in [-0.4, -0.2) is 42.7 Å². The largest absolute Gasteiger partial charge is 0.380 e. The van der Waals surface area contributed by atoms with Crippen molar-refractivity contribution in [1.82, 2.24) is 9.88 Å². The topological polar surface area (TPSA) is 51.4 Å². The van der Waals surface area contributed by atoms with E-state index in [0.29, 0.717) is 12.6 Å². The number of hydrogen-bond donors (Lipinski definition) is 1. The Morgan fingerprint density at radius 1 is 1.65 bits per heavy atom. The lowest BCUT2D eigenvalue weighted by atomic mass is 10.1. The predicted molar refractivity (Wildman–Crippen MR) is 70.7 cm³/mol. The van der Waals surface area contributed by atoms with E-state index in [-0.39, 0.29) is 6.04 Å². The molecular weight excluding hydrogens is 282 g/mol. The molecule has 1 saturated heterocycles. The van der Waals surface area contributed by atoms with Crippen LogP contribution in [0.5, 0.6) is 0 Å². The molecule has 1 aliphatic heterocycles. The van der Waals surface area contributed by atoms with Crippen molar-refractivity contribution in [3.8, 4) is 0 Å². The van der Waals surface area contributed by atoms with Gasteiger partial charge in [-0.3, -0.25) is 9.88 Å². The number of halogens is 1. The Labute approximate surface area is 110 Å². The molecule has 94 valence electrons. The van der Waals surface area contributed by atoms with Gasteiger partial charge in [0.15, 0.2) is 0 Å². The van der Waals surface area contributed by atoms with Crippen LogP contribution >= 0.6 is 15.9 Å². The summed E-state index contributed by atoms with van der Waals surface area (Å²) in [7, 11) is 1.77. The van der Waals surface area contributed by atoms with Crippen molar-refractivity contribution in [3.05, 3.63) is 28.5 Å². The predicted octanol–water partition coefficient (Wildman–Crippen LogP) is 1.56. The number of nitrogens with two attached hydrogens (primary N) is 1. The zero-order valence-electron chi connectivity index (χ0n) is 9.97. The molecule has 2 heterocycles. The Kier molecular flexibility index (Phi) is 4.50. The van der Waals surface area contributed by atoms with Crippen molar-refractivity contribution in [2.45, 2.75) is 18.6 Å². The molecule has 1 aliphatic rings. The number of rotatable bonds is 4. The van der Waals surface area contributed by atoms with E-state index < -0.39 is 0 Å². The normalized spacial score (nSPS) is 22.9. The highest BCUT2D eigenvalue weighted by Gasteiger charge is 2.28. The van der Waals surface area contributed by atoms with Gasteiger partial charge in [-0.25, -0.2) is 0 Å². The molecular formula is C12H18BrN3O. The Morgan fingerprint density at radius 2 is 2.47 bits per heavy atom. The maximum absolute atomic E-state index is 5.90. The van der Waals surface area contributed by atoms with Crippen LogP contribution in [0.2, 0.25) is 0 Å². The maximum atomic E-state index is 5.90. The molecule has 1 aromatic rings. The number of likely N-dealkylation sites (tertiary alicyclic amines) is 1. The van der Waals surface area contributed by atoms with E-state index in [1.807, 2.05) is 6.20 Å². The Bertz CT molecular complexity index is 375. The number of methoxy groups -OCH3 is 1. The summed E-state index contributed by atoms with van der Waals surface area (Å²) in [6.07, 6.45) is 5.10. The van der Waals surface area contributed by atoms with Crippen LogP contribution in [0.1, 0.15) is 18.0 Å². The minimum absolute atomic E-state index is 0.236. The standard InChI is InChI=1S/C12H18BrN3O/c1-17-11-2-3-16(8-11)12(5-14)9-4-10(13)7-15-6-9/h4,6-7,11-12H,2-3,5,8,14H2,1H3. The van der Waals surface area contributed by atoms with Gasteiger partial charge in [0.1, 0.15) is 0 Å². The molecule has 0 aromatic carbocycles. The third-order valence-electron chi connectivity index (χ3n) is 3.28. The van der Waals surface area contributed by atoms with E-state index in [0.717, 1.165) is 24.0 Å². The molecule has 2 atom stereocenters. The summed E-state index contributed by atoms with van der Waals surface area (Å²) in [6.45, 7) is 2.59. The molecule has 0 aliphatic carbocycles. The zero-order valence-corrected chi connectivity index (χ0v) is 11.6. The average molecular weight is 300 g/mol. The molecule has 1 aromatic heterocycles. The summed E-state index contributed by atoms with van der Waals surface area (Å²) in [5.74, 6) is 0. The third-order valence-corrected chi connectivity index (χ3v) is 3.72. The summed E-state index contributed by atoms with van der Waals surface area (Å²) in [6, 6.07) is 2.32. The van der Waals surface area contributed by atoms with E-state index in [9.17, 15) is 0 Å². The minimum atomic E-state index is 0.236. The molecule has 0 amide bonds. The van der Waals surface area contributed by atoms with Crippen molar-refractivity contribution in [1.29, 1.82) is 0 Å². The lowest BCUT2D eigenvalue weighted by Crippen LogP contribution is -2.33. The third kappa shape index (κ3) is 3.04. The second-order valence-electron chi connectivity index (χ2n) is 4.33. The number of hydrogen-bond acceptors (Lipinski definition) is 4. The second kappa shape index (κ2) is 5.91. The first-order valence-electron chi connectivity index (χ1n) is 5.82. The van der Waals surface area contributed by atoms with Crippen molar-refractivity contribution < 1.29 is 4.74 Å². The van der Waals surface area contributed by atoms with Crippen molar-refractivity contribution >= 4 is 15.9 Å². The fourth-order valence-electron chi connectivity index (χ4n) is 2.34. The molecule has 2 N–H and O–H groups in total. The number of aromatic nitrogens is 1. The molecule has 17 heavy (non-hydrogen) atoms. The van der Waals surface area contributed by atoms with Crippen LogP contribution in [0.15, 0.2) is 22.9 Å². The number of nitrogens with zero attached hydrogens (tertiary/aromatic N) is 2. The highest BCUT2D eigenvalue weighted by atomic mass is 79.9. The molecule has 1 fully saturated rings. The smallest absolute Gasteiger partial charge is 0.0710 e. The SMILES string of the molecule is COC1CCN(C(CN)c2cncc(Br)c2)C1. The fourth-order valence-corrected chi connectivity index (χ4v) is 2.72. The van der Waals surface area contributed by atoms with Crippen molar-refractivity contribution in [2.24, 2.45) is 5.73 Å². The van der Waals surface area contributed by atoms with E-state index in [2.05, 4.69) is 31.9 Å².